The van der Waals surface area contributed by atoms with E-state index < -0.39 is 0 Å². The van der Waals surface area contributed by atoms with E-state index in [1.54, 1.807) is 0 Å². The third-order valence-electron chi connectivity index (χ3n) is 2.86. The quantitative estimate of drug-likeness (QED) is 0.621. The molecule has 1 N–H and O–H groups in total. The molecular formula is C11H20N2. The van der Waals surface area contributed by atoms with E-state index in [0.717, 1.165) is 25.2 Å². The van der Waals surface area contributed by atoms with Crippen LogP contribution < -0.4 is 5.32 Å². The lowest BCUT2D eigenvalue weighted by atomic mass is 10.3. The molecule has 2 heteroatoms. The summed E-state index contributed by atoms with van der Waals surface area (Å²) in [6, 6.07) is 1.67. The maximum Gasteiger partial charge on any atom is 0.0202 e. The van der Waals surface area contributed by atoms with Gasteiger partial charge in [0.1, 0.15) is 0 Å². The molecule has 0 radical (unpaired) electrons. The Kier molecular flexibility index (Phi) is 2.70. The monoisotopic (exact) mass is 180 g/mol. The Balaban J connectivity index is 1.58. The van der Waals surface area contributed by atoms with E-state index in [0.29, 0.717) is 0 Å². The molecule has 2 fully saturated rings. The van der Waals surface area contributed by atoms with Crippen molar-refractivity contribution in [3.63, 3.8) is 0 Å². The van der Waals surface area contributed by atoms with Gasteiger partial charge in [-0.2, -0.15) is 0 Å². The van der Waals surface area contributed by atoms with Gasteiger partial charge in [-0.25, -0.2) is 0 Å². The summed E-state index contributed by atoms with van der Waals surface area (Å²) >= 11 is 0. The lowest BCUT2D eigenvalue weighted by molar-refractivity contribution is 0.349. The zero-order valence-corrected chi connectivity index (χ0v) is 8.55. The van der Waals surface area contributed by atoms with Crippen molar-refractivity contribution < 1.29 is 0 Å². The Bertz CT molecular complexity index is 192. The SMILES string of the molecule is C=C(CNC1CC1)CN(C)C1CC1. The van der Waals surface area contributed by atoms with Crippen molar-refractivity contribution in [1.82, 2.24) is 10.2 Å². The number of nitrogens with one attached hydrogen (secondary N) is 1. The fourth-order valence-corrected chi connectivity index (χ4v) is 1.63. The Hall–Kier alpha value is -0.340. The lowest BCUT2D eigenvalue weighted by Gasteiger charge is -2.17. The van der Waals surface area contributed by atoms with Crippen LogP contribution in [0, 0.1) is 0 Å². The van der Waals surface area contributed by atoms with Gasteiger partial charge in [-0.15, -0.1) is 0 Å². The average Bonchev–Trinajstić information content (AvgIpc) is 2.93. The van der Waals surface area contributed by atoms with Gasteiger partial charge in [-0.05, 0) is 38.3 Å². The number of hydrogen-bond acceptors (Lipinski definition) is 2. The molecule has 2 saturated carbocycles. The van der Waals surface area contributed by atoms with Gasteiger partial charge in [0.05, 0.1) is 0 Å². The number of nitrogens with zero attached hydrogens (tertiary/aromatic N) is 1. The van der Waals surface area contributed by atoms with Crippen LogP contribution in [0.2, 0.25) is 0 Å². The lowest BCUT2D eigenvalue weighted by Crippen LogP contribution is -2.28. The summed E-state index contributed by atoms with van der Waals surface area (Å²) in [5.41, 5.74) is 1.33. The van der Waals surface area contributed by atoms with E-state index in [2.05, 4.69) is 23.8 Å². The van der Waals surface area contributed by atoms with Gasteiger partial charge in [-0.1, -0.05) is 6.58 Å². The van der Waals surface area contributed by atoms with E-state index in [4.69, 9.17) is 0 Å². The minimum Gasteiger partial charge on any atom is -0.310 e. The predicted molar refractivity (Wildman–Crippen MR) is 55.8 cm³/mol. The first kappa shape index (κ1) is 9.22. The maximum absolute atomic E-state index is 4.10. The van der Waals surface area contributed by atoms with E-state index in [-0.39, 0.29) is 0 Å². The van der Waals surface area contributed by atoms with Crippen LogP contribution in [0.15, 0.2) is 12.2 Å². The van der Waals surface area contributed by atoms with Crippen molar-refractivity contribution in [2.75, 3.05) is 20.1 Å². The van der Waals surface area contributed by atoms with Crippen LogP contribution in [-0.2, 0) is 0 Å². The molecule has 13 heavy (non-hydrogen) atoms. The molecule has 0 bridgehead atoms. The van der Waals surface area contributed by atoms with Crippen molar-refractivity contribution in [1.29, 1.82) is 0 Å². The zero-order valence-electron chi connectivity index (χ0n) is 8.55. The topological polar surface area (TPSA) is 15.3 Å². The van der Waals surface area contributed by atoms with Crippen molar-refractivity contribution in [3.05, 3.63) is 12.2 Å². The van der Waals surface area contributed by atoms with Crippen LogP contribution in [0.5, 0.6) is 0 Å². The highest BCUT2D eigenvalue weighted by atomic mass is 15.2. The van der Waals surface area contributed by atoms with E-state index >= 15 is 0 Å². The molecule has 0 amide bonds. The minimum absolute atomic E-state index is 0.808. The summed E-state index contributed by atoms with van der Waals surface area (Å²) in [6.07, 6.45) is 5.51. The molecule has 2 rings (SSSR count). The third kappa shape index (κ3) is 3.12. The van der Waals surface area contributed by atoms with Crippen molar-refractivity contribution in [3.8, 4) is 0 Å². The number of rotatable bonds is 6. The van der Waals surface area contributed by atoms with E-state index in [9.17, 15) is 0 Å². The molecule has 0 unspecified atom stereocenters. The van der Waals surface area contributed by atoms with Crippen LogP contribution in [0.1, 0.15) is 25.7 Å². The summed E-state index contributed by atoms with van der Waals surface area (Å²) in [7, 11) is 2.21. The largest absolute Gasteiger partial charge is 0.310 e. The predicted octanol–water partition coefficient (Wildman–Crippen LogP) is 1.39. The molecule has 0 aromatic carbocycles. The molecule has 2 nitrogen and oxygen atoms in total. The van der Waals surface area contributed by atoms with E-state index in [1.807, 2.05) is 0 Å². The van der Waals surface area contributed by atoms with E-state index in [1.165, 1.54) is 31.3 Å². The first-order chi connectivity index (χ1) is 6.25. The van der Waals surface area contributed by atoms with Gasteiger partial charge in [0, 0.05) is 25.2 Å². The second-order valence-electron chi connectivity index (χ2n) is 4.55. The van der Waals surface area contributed by atoms with Crippen LogP contribution >= 0.6 is 0 Å². The van der Waals surface area contributed by atoms with Crippen molar-refractivity contribution >= 4 is 0 Å². The standard InChI is InChI=1S/C11H20N2/c1-9(7-12-10-3-4-10)8-13(2)11-5-6-11/h10-12H,1,3-8H2,2H3. The molecular weight excluding hydrogens is 160 g/mol. The maximum atomic E-state index is 4.10. The fourth-order valence-electron chi connectivity index (χ4n) is 1.63. The van der Waals surface area contributed by atoms with Gasteiger partial charge in [0.2, 0.25) is 0 Å². The average molecular weight is 180 g/mol. The third-order valence-corrected chi connectivity index (χ3v) is 2.86. The highest BCUT2D eigenvalue weighted by Gasteiger charge is 2.26. The van der Waals surface area contributed by atoms with Gasteiger partial charge in [0.15, 0.2) is 0 Å². The van der Waals surface area contributed by atoms with Crippen molar-refractivity contribution in [2.24, 2.45) is 0 Å². The number of likely N-dealkylation sites (N-methyl/N-ethyl adjacent to an activating group) is 1. The van der Waals surface area contributed by atoms with Gasteiger partial charge < -0.3 is 5.32 Å². The highest BCUT2D eigenvalue weighted by Crippen LogP contribution is 2.25. The highest BCUT2D eigenvalue weighted by molar-refractivity contribution is 5.03. The van der Waals surface area contributed by atoms with Crippen LogP contribution in [-0.4, -0.2) is 37.1 Å². The normalized spacial score (nSPS) is 22.3. The molecule has 0 saturated heterocycles. The Morgan fingerprint density at radius 2 is 2.08 bits per heavy atom. The van der Waals surface area contributed by atoms with Crippen molar-refractivity contribution in [2.45, 2.75) is 37.8 Å². The molecule has 2 aliphatic carbocycles. The Morgan fingerprint density at radius 3 is 2.62 bits per heavy atom. The van der Waals surface area contributed by atoms with Gasteiger partial charge >= 0.3 is 0 Å². The Labute approximate surface area is 81.0 Å². The molecule has 74 valence electrons. The molecule has 0 spiro atoms. The molecule has 0 atom stereocenters. The van der Waals surface area contributed by atoms with Crippen LogP contribution in [0.25, 0.3) is 0 Å². The minimum atomic E-state index is 0.808. The summed E-state index contributed by atoms with van der Waals surface area (Å²) in [6.45, 7) is 6.19. The van der Waals surface area contributed by atoms with Gasteiger partial charge in [0.25, 0.3) is 0 Å². The zero-order chi connectivity index (χ0) is 9.26. The van der Waals surface area contributed by atoms with Crippen LogP contribution in [0.4, 0.5) is 0 Å². The molecule has 0 aromatic rings. The Morgan fingerprint density at radius 1 is 1.38 bits per heavy atom. The fraction of sp³-hybridized carbons (Fsp3) is 0.818. The summed E-state index contributed by atoms with van der Waals surface area (Å²) in [5, 5.41) is 3.49. The molecule has 0 aromatic heterocycles. The van der Waals surface area contributed by atoms with Gasteiger partial charge in [-0.3, -0.25) is 4.90 Å². The summed E-state index contributed by atoms with van der Waals surface area (Å²) in [4.78, 5) is 2.43. The molecule has 2 aliphatic rings. The second-order valence-corrected chi connectivity index (χ2v) is 4.55. The molecule has 0 heterocycles. The first-order valence-electron chi connectivity index (χ1n) is 5.36. The second kappa shape index (κ2) is 3.81. The smallest absolute Gasteiger partial charge is 0.0202 e. The summed E-state index contributed by atoms with van der Waals surface area (Å²) < 4.78 is 0. The number of hydrogen-bond donors (Lipinski definition) is 1. The summed E-state index contributed by atoms with van der Waals surface area (Å²) in [5.74, 6) is 0. The van der Waals surface area contributed by atoms with Crippen LogP contribution in [0.3, 0.4) is 0 Å². The molecule has 0 aliphatic heterocycles. The first-order valence-corrected chi connectivity index (χ1v) is 5.36.